The molecule has 2 aromatic rings. The number of halogens is 2. The summed E-state index contributed by atoms with van der Waals surface area (Å²) in [5.74, 6) is 0. The zero-order chi connectivity index (χ0) is 15.5. The van der Waals surface area contributed by atoms with Crippen LogP contribution >= 0.6 is 35.0 Å². The van der Waals surface area contributed by atoms with Crippen LogP contribution in [0.5, 0.6) is 0 Å². The predicted molar refractivity (Wildman–Crippen MR) is 95.6 cm³/mol. The number of nitrogens with zero attached hydrogens (tertiary/aromatic N) is 2. The van der Waals surface area contributed by atoms with Gasteiger partial charge in [0.2, 0.25) is 0 Å². The molecule has 0 bridgehead atoms. The van der Waals surface area contributed by atoms with Gasteiger partial charge in [-0.3, -0.25) is 0 Å². The number of thioether (sulfide) groups is 1. The van der Waals surface area contributed by atoms with Crippen LogP contribution in [0.25, 0.3) is 5.70 Å². The number of allylic oxidation sites excluding steroid dienone is 1. The van der Waals surface area contributed by atoms with Crippen LogP contribution < -0.4 is 0 Å². The molecule has 1 aromatic heterocycles. The summed E-state index contributed by atoms with van der Waals surface area (Å²) >= 11 is 13.6. The van der Waals surface area contributed by atoms with E-state index >= 15 is 0 Å². The fourth-order valence-corrected chi connectivity index (χ4v) is 3.44. The molecule has 3 rings (SSSR count). The summed E-state index contributed by atoms with van der Waals surface area (Å²) in [6, 6.07) is 11.7. The molecule has 0 spiro atoms. The summed E-state index contributed by atoms with van der Waals surface area (Å²) in [6.45, 7) is 2.80. The van der Waals surface area contributed by atoms with E-state index in [1.165, 1.54) is 10.7 Å². The van der Waals surface area contributed by atoms with E-state index in [1.54, 1.807) is 11.8 Å². The lowest BCUT2D eigenvalue weighted by atomic mass is 10.1. The van der Waals surface area contributed by atoms with Crippen molar-refractivity contribution >= 4 is 40.7 Å². The molecule has 0 amide bonds. The maximum atomic E-state index is 5.98. The monoisotopic (exact) mass is 348 g/mol. The van der Waals surface area contributed by atoms with Gasteiger partial charge in [-0.1, -0.05) is 59.2 Å². The zero-order valence-electron chi connectivity index (χ0n) is 12.0. The van der Waals surface area contributed by atoms with E-state index in [0.29, 0.717) is 5.15 Å². The average Bonchev–Trinajstić information content (AvgIpc) is 2.93. The summed E-state index contributed by atoms with van der Waals surface area (Å²) in [5.41, 5.74) is 3.44. The van der Waals surface area contributed by atoms with Gasteiger partial charge in [0, 0.05) is 16.6 Å². The van der Waals surface area contributed by atoms with Gasteiger partial charge in [-0.2, -0.15) is 0 Å². The first-order valence-corrected chi connectivity index (χ1v) is 8.48. The highest BCUT2D eigenvalue weighted by molar-refractivity contribution is 8.06. The van der Waals surface area contributed by atoms with Crippen LogP contribution in [0.1, 0.15) is 18.1 Å². The third-order valence-corrected chi connectivity index (χ3v) is 4.88. The van der Waals surface area contributed by atoms with E-state index in [2.05, 4.69) is 21.4 Å². The molecule has 0 fully saturated rings. The first-order valence-electron chi connectivity index (χ1n) is 6.84. The average molecular weight is 349 g/mol. The zero-order valence-corrected chi connectivity index (χ0v) is 14.3. The molecule has 0 saturated heterocycles. The highest BCUT2D eigenvalue weighted by Gasteiger charge is 2.22. The highest BCUT2D eigenvalue weighted by Crippen LogP contribution is 2.40. The number of hydrogen-bond donors (Lipinski definition) is 0. The first kappa shape index (κ1) is 15.5. The third kappa shape index (κ3) is 3.32. The lowest BCUT2D eigenvalue weighted by molar-refractivity contribution is 0.518. The Morgan fingerprint density at radius 2 is 1.91 bits per heavy atom. The van der Waals surface area contributed by atoms with Crippen molar-refractivity contribution in [2.75, 3.05) is 0 Å². The van der Waals surface area contributed by atoms with Gasteiger partial charge in [0.05, 0.1) is 17.3 Å². The molecule has 2 heterocycles. The maximum absolute atomic E-state index is 5.98. The van der Waals surface area contributed by atoms with Gasteiger partial charge in [-0.05, 0) is 36.2 Å². The molecule has 1 aromatic carbocycles. The molecular formula is C17H14Cl2N2S. The van der Waals surface area contributed by atoms with E-state index in [4.69, 9.17) is 23.2 Å². The Balaban J connectivity index is 1.89. The van der Waals surface area contributed by atoms with E-state index in [9.17, 15) is 0 Å². The molecule has 0 saturated carbocycles. The Morgan fingerprint density at radius 1 is 1.14 bits per heavy atom. The van der Waals surface area contributed by atoms with Crippen molar-refractivity contribution in [2.45, 2.75) is 13.5 Å². The molecule has 2 nitrogen and oxygen atoms in total. The molecule has 0 atom stereocenters. The van der Waals surface area contributed by atoms with E-state index in [0.717, 1.165) is 22.7 Å². The van der Waals surface area contributed by atoms with Gasteiger partial charge in [0.25, 0.3) is 0 Å². The van der Waals surface area contributed by atoms with Gasteiger partial charge in [0.15, 0.2) is 0 Å². The summed E-state index contributed by atoms with van der Waals surface area (Å²) in [7, 11) is 0. The van der Waals surface area contributed by atoms with E-state index < -0.39 is 0 Å². The van der Waals surface area contributed by atoms with Gasteiger partial charge in [0.1, 0.15) is 5.15 Å². The third-order valence-electron chi connectivity index (χ3n) is 3.36. The van der Waals surface area contributed by atoms with Crippen molar-refractivity contribution in [3.63, 3.8) is 0 Å². The molecule has 1 aliphatic heterocycles. The van der Waals surface area contributed by atoms with Crippen molar-refractivity contribution in [3.8, 4) is 0 Å². The SMILES string of the molecule is C/C=C1\SC=C(c2ccc(Cl)cc2)N1Cc1ccc(Cl)nc1. The number of aromatic nitrogens is 1. The Kier molecular flexibility index (Phi) is 4.77. The smallest absolute Gasteiger partial charge is 0.129 e. The number of hydrogen-bond acceptors (Lipinski definition) is 3. The molecule has 5 heteroatoms. The van der Waals surface area contributed by atoms with Gasteiger partial charge < -0.3 is 4.90 Å². The van der Waals surface area contributed by atoms with Crippen molar-refractivity contribution in [1.82, 2.24) is 9.88 Å². The second-order valence-electron chi connectivity index (χ2n) is 4.83. The Bertz CT molecular complexity index is 721. The van der Waals surface area contributed by atoms with Crippen LogP contribution in [0.15, 0.2) is 59.1 Å². The largest absolute Gasteiger partial charge is 0.331 e. The minimum atomic E-state index is 0.513. The fourth-order valence-electron chi connectivity index (χ4n) is 2.28. The number of rotatable bonds is 3. The van der Waals surface area contributed by atoms with E-state index in [1.807, 2.05) is 49.5 Å². The molecule has 112 valence electrons. The fraction of sp³-hybridized carbons (Fsp3) is 0.118. The first-order chi connectivity index (χ1) is 10.7. The Morgan fingerprint density at radius 3 is 2.55 bits per heavy atom. The second kappa shape index (κ2) is 6.78. The molecule has 0 unspecified atom stereocenters. The van der Waals surface area contributed by atoms with E-state index in [-0.39, 0.29) is 0 Å². The van der Waals surface area contributed by atoms with Crippen molar-refractivity contribution in [2.24, 2.45) is 0 Å². The number of benzene rings is 1. The van der Waals surface area contributed by atoms with Gasteiger partial charge in [-0.15, -0.1) is 0 Å². The topological polar surface area (TPSA) is 16.1 Å². The minimum Gasteiger partial charge on any atom is -0.331 e. The molecule has 0 aliphatic carbocycles. The van der Waals surface area contributed by atoms with Crippen LogP contribution in [0.4, 0.5) is 0 Å². The lowest BCUT2D eigenvalue weighted by Gasteiger charge is -2.23. The predicted octanol–water partition coefficient (Wildman–Crippen LogP) is 5.80. The van der Waals surface area contributed by atoms with Crippen LogP contribution in [0, 0.1) is 0 Å². The molecule has 0 radical (unpaired) electrons. The molecule has 22 heavy (non-hydrogen) atoms. The maximum Gasteiger partial charge on any atom is 0.129 e. The van der Waals surface area contributed by atoms with Crippen LogP contribution in [-0.2, 0) is 6.54 Å². The summed E-state index contributed by atoms with van der Waals surface area (Å²) in [5, 5.41) is 4.64. The van der Waals surface area contributed by atoms with Crippen molar-refractivity contribution in [3.05, 3.63) is 80.4 Å². The standard InChI is InChI=1S/C17H14Cl2N2S/c1-2-17-21(10-12-3-8-16(19)20-9-12)15(11-22-17)13-4-6-14(18)7-5-13/h2-9,11H,10H2,1H3/b17-2-. The summed E-state index contributed by atoms with van der Waals surface area (Å²) in [6.07, 6.45) is 3.94. The summed E-state index contributed by atoms with van der Waals surface area (Å²) < 4.78 is 0. The molecule has 1 aliphatic rings. The van der Waals surface area contributed by atoms with Crippen LogP contribution in [-0.4, -0.2) is 9.88 Å². The van der Waals surface area contributed by atoms with Gasteiger partial charge >= 0.3 is 0 Å². The normalized spacial score (nSPS) is 16.2. The van der Waals surface area contributed by atoms with Crippen molar-refractivity contribution in [1.29, 1.82) is 0 Å². The van der Waals surface area contributed by atoms with Crippen molar-refractivity contribution < 1.29 is 0 Å². The Labute approximate surface area is 144 Å². The summed E-state index contributed by atoms with van der Waals surface area (Å²) in [4.78, 5) is 6.43. The lowest BCUT2D eigenvalue weighted by Crippen LogP contribution is -2.16. The minimum absolute atomic E-state index is 0.513. The quantitative estimate of drug-likeness (QED) is 0.652. The van der Waals surface area contributed by atoms with Gasteiger partial charge in [-0.25, -0.2) is 4.98 Å². The highest BCUT2D eigenvalue weighted by atomic mass is 35.5. The Hall–Kier alpha value is -1.42. The molecule has 0 N–H and O–H groups in total. The number of pyridine rings is 1. The van der Waals surface area contributed by atoms with Crippen LogP contribution in [0.3, 0.4) is 0 Å². The molecular weight excluding hydrogens is 335 g/mol. The second-order valence-corrected chi connectivity index (χ2v) is 6.54. The van der Waals surface area contributed by atoms with Crippen LogP contribution in [0.2, 0.25) is 10.2 Å².